The second-order valence-corrected chi connectivity index (χ2v) is 4.12. The van der Waals surface area contributed by atoms with E-state index in [1.54, 1.807) is 12.1 Å². The van der Waals surface area contributed by atoms with Gasteiger partial charge in [-0.15, -0.1) is 0 Å². The molecule has 0 radical (unpaired) electrons. The van der Waals surface area contributed by atoms with E-state index in [0.717, 1.165) is 12.0 Å². The molecule has 1 aromatic carbocycles. The first-order chi connectivity index (χ1) is 7.60. The molecular weight excluding hydrogens is 226 g/mol. The van der Waals surface area contributed by atoms with Crippen LogP contribution in [0.15, 0.2) is 18.2 Å². The van der Waals surface area contributed by atoms with Crippen LogP contribution in [0.3, 0.4) is 0 Å². The number of hydrogen-bond donors (Lipinski definition) is 1. The topological polar surface area (TPSA) is 52.3 Å². The predicted octanol–water partition coefficient (Wildman–Crippen LogP) is 2.58. The fourth-order valence-corrected chi connectivity index (χ4v) is 1.80. The van der Waals surface area contributed by atoms with Gasteiger partial charge in [0.2, 0.25) is 0 Å². The summed E-state index contributed by atoms with van der Waals surface area (Å²) in [5, 5.41) is 0.424. The monoisotopic (exact) mass is 241 g/mol. The molecule has 0 amide bonds. The third-order valence-electron chi connectivity index (χ3n) is 2.57. The molecule has 0 fully saturated rings. The highest BCUT2D eigenvalue weighted by molar-refractivity contribution is 6.33. The van der Waals surface area contributed by atoms with Crippen LogP contribution in [0.25, 0.3) is 0 Å². The Morgan fingerprint density at radius 1 is 1.56 bits per heavy atom. The molecule has 4 heteroatoms. The number of hydrogen-bond acceptors (Lipinski definition) is 3. The fourth-order valence-electron chi connectivity index (χ4n) is 1.53. The number of carbonyl (C=O) groups is 1. The summed E-state index contributed by atoms with van der Waals surface area (Å²) in [5.41, 5.74) is 6.98. The van der Waals surface area contributed by atoms with Crippen LogP contribution in [0.5, 0.6) is 0 Å². The van der Waals surface area contributed by atoms with Crippen molar-refractivity contribution in [2.24, 2.45) is 5.73 Å². The van der Waals surface area contributed by atoms with Gasteiger partial charge in [-0.05, 0) is 36.6 Å². The van der Waals surface area contributed by atoms with Crippen LogP contribution in [0.1, 0.15) is 35.2 Å². The molecule has 1 rings (SSSR count). The van der Waals surface area contributed by atoms with Crippen molar-refractivity contribution in [1.82, 2.24) is 0 Å². The van der Waals surface area contributed by atoms with Crippen molar-refractivity contribution < 1.29 is 9.53 Å². The van der Waals surface area contributed by atoms with E-state index in [9.17, 15) is 4.79 Å². The standard InChI is InChI=1S/C12H16ClNO2/c1-8(5-6-14)9-3-4-10(11(13)7-9)12(15)16-2/h3-4,7-8H,5-6,14H2,1-2H3. The fraction of sp³-hybridized carbons (Fsp3) is 0.417. The van der Waals surface area contributed by atoms with Crippen LogP contribution < -0.4 is 5.73 Å². The molecule has 0 aromatic heterocycles. The van der Waals surface area contributed by atoms with E-state index in [2.05, 4.69) is 11.7 Å². The summed E-state index contributed by atoms with van der Waals surface area (Å²) in [6.07, 6.45) is 0.897. The van der Waals surface area contributed by atoms with Crippen molar-refractivity contribution in [3.8, 4) is 0 Å². The minimum atomic E-state index is -0.414. The number of rotatable bonds is 4. The SMILES string of the molecule is COC(=O)c1ccc(C(C)CCN)cc1Cl. The maximum atomic E-state index is 11.3. The average Bonchev–Trinajstić information content (AvgIpc) is 2.28. The van der Waals surface area contributed by atoms with E-state index in [1.165, 1.54) is 7.11 Å². The maximum absolute atomic E-state index is 11.3. The number of methoxy groups -OCH3 is 1. The molecule has 16 heavy (non-hydrogen) atoms. The lowest BCUT2D eigenvalue weighted by Gasteiger charge is -2.12. The van der Waals surface area contributed by atoms with Gasteiger partial charge in [0.15, 0.2) is 0 Å². The van der Waals surface area contributed by atoms with Gasteiger partial charge < -0.3 is 10.5 Å². The van der Waals surface area contributed by atoms with Crippen LogP contribution in [0.2, 0.25) is 5.02 Å². The largest absolute Gasteiger partial charge is 0.465 e. The van der Waals surface area contributed by atoms with Gasteiger partial charge in [-0.2, -0.15) is 0 Å². The van der Waals surface area contributed by atoms with Crippen molar-refractivity contribution >= 4 is 17.6 Å². The third kappa shape index (κ3) is 2.97. The van der Waals surface area contributed by atoms with Crippen molar-refractivity contribution in [1.29, 1.82) is 0 Å². The highest BCUT2D eigenvalue weighted by atomic mass is 35.5. The second kappa shape index (κ2) is 5.87. The lowest BCUT2D eigenvalue weighted by atomic mass is 9.97. The highest BCUT2D eigenvalue weighted by Crippen LogP contribution is 2.25. The number of nitrogens with two attached hydrogens (primary N) is 1. The Bertz CT molecular complexity index is 379. The molecule has 0 bridgehead atoms. The maximum Gasteiger partial charge on any atom is 0.339 e. The lowest BCUT2D eigenvalue weighted by Crippen LogP contribution is -2.06. The summed E-state index contributed by atoms with van der Waals surface area (Å²) in [6.45, 7) is 2.72. The van der Waals surface area contributed by atoms with E-state index < -0.39 is 5.97 Å². The molecule has 0 aliphatic rings. The molecule has 0 aliphatic carbocycles. The smallest absolute Gasteiger partial charge is 0.339 e. The molecule has 1 aromatic rings. The van der Waals surface area contributed by atoms with E-state index in [1.807, 2.05) is 6.07 Å². The van der Waals surface area contributed by atoms with Crippen LogP contribution in [-0.2, 0) is 4.74 Å². The first kappa shape index (κ1) is 13.0. The number of benzene rings is 1. The number of esters is 1. The summed E-state index contributed by atoms with van der Waals surface area (Å²) in [5.74, 6) is -0.0720. The lowest BCUT2D eigenvalue weighted by molar-refractivity contribution is 0.0601. The normalized spacial score (nSPS) is 12.2. The second-order valence-electron chi connectivity index (χ2n) is 3.71. The van der Waals surface area contributed by atoms with Gasteiger partial charge in [-0.25, -0.2) is 4.79 Å². The minimum Gasteiger partial charge on any atom is -0.465 e. The summed E-state index contributed by atoms with van der Waals surface area (Å²) in [6, 6.07) is 5.38. The molecule has 88 valence electrons. The Labute approximate surface area is 101 Å². The number of carbonyl (C=O) groups excluding carboxylic acids is 1. The van der Waals surface area contributed by atoms with Gasteiger partial charge in [0.25, 0.3) is 0 Å². The Kier molecular flexibility index (Phi) is 4.77. The molecule has 0 saturated carbocycles. The van der Waals surface area contributed by atoms with Crippen LogP contribution >= 0.6 is 11.6 Å². The molecule has 0 aliphatic heterocycles. The van der Waals surface area contributed by atoms with E-state index in [4.69, 9.17) is 17.3 Å². The van der Waals surface area contributed by atoms with Crippen LogP contribution in [0, 0.1) is 0 Å². The van der Waals surface area contributed by atoms with Gasteiger partial charge in [0.05, 0.1) is 17.7 Å². The van der Waals surface area contributed by atoms with E-state index in [0.29, 0.717) is 23.0 Å². The van der Waals surface area contributed by atoms with Gasteiger partial charge >= 0.3 is 5.97 Å². The van der Waals surface area contributed by atoms with Crippen molar-refractivity contribution in [3.05, 3.63) is 34.3 Å². The Hall–Kier alpha value is -1.06. The number of halogens is 1. The van der Waals surface area contributed by atoms with Crippen LogP contribution in [0.4, 0.5) is 0 Å². The summed E-state index contributed by atoms with van der Waals surface area (Å²) < 4.78 is 4.62. The van der Waals surface area contributed by atoms with Gasteiger partial charge in [0.1, 0.15) is 0 Å². The number of ether oxygens (including phenoxy) is 1. The molecule has 1 atom stereocenters. The summed E-state index contributed by atoms with van der Waals surface area (Å²) >= 11 is 6.02. The first-order valence-corrected chi connectivity index (χ1v) is 5.55. The molecule has 3 nitrogen and oxygen atoms in total. The first-order valence-electron chi connectivity index (χ1n) is 5.18. The van der Waals surface area contributed by atoms with Crippen molar-refractivity contribution in [3.63, 3.8) is 0 Å². The highest BCUT2D eigenvalue weighted by Gasteiger charge is 2.12. The zero-order valence-corrected chi connectivity index (χ0v) is 10.3. The van der Waals surface area contributed by atoms with E-state index >= 15 is 0 Å². The molecule has 0 saturated heterocycles. The summed E-state index contributed by atoms with van der Waals surface area (Å²) in [7, 11) is 1.34. The quantitative estimate of drug-likeness (QED) is 0.825. The van der Waals surface area contributed by atoms with Crippen molar-refractivity contribution in [2.75, 3.05) is 13.7 Å². The van der Waals surface area contributed by atoms with E-state index in [-0.39, 0.29) is 0 Å². The molecule has 1 unspecified atom stereocenters. The third-order valence-corrected chi connectivity index (χ3v) is 2.88. The van der Waals surface area contributed by atoms with Gasteiger partial charge in [-0.1, -0.05) is 24.6 Å². The molecule has 0 heterocycles. The molecular formula is C12H16ClNO2. The van der Waals surface area contributed by atoms with Crippen LogP contribution in [-0.4, -0.2) is 19.6 Å². The van der Waals surface area contributed by atoms with Gasteiger partial charge in [-0.3, -0.25) is 0 Å². The molecule has 0 spiro atoms. The molecule has 2 N–H and O–H groups in total. The van der Waals surface area contributed by atoms with Gasteiger partial charge in [0, 0.05) is 0 Å². The zero-order valence-electron chi connectivity index (χ0n) is 9.50. The summed E-state index contributed by atoms with van der Waals surface area (Å²) in [4.78, 5) is 11.3. The Morgan fingerprint density at radius 2 is 2.25 bits per heavy atom. The minimum absolute atomic E-state index is 0.342. The average molecular weight is 242 g/mol. The predicted molar refractivity (Wildman–Crippen MR) is 64.9 cm³/mol. The Morgan fingerprint density at radius 3 is 2.75 bits per heavy atom. The Balaban J connectivity index is 2.94. The zero-order chi connectivity index (χ0) is 12.1. The van der Waals surface area contributed by atoms with Crippen molar-refractivity contribution in [2.45, 2.75) is 19.3 Å².